The third-order valence-electron chi connectivity index (χ3n) is 4.21. The number of anilines is 1. The van der Waals surface area contributed by atoms with Crippen LogP contribution in [0.25, 0.3) is 10.6 Å². The van der Waals surface area contributed by atoms with Crippen molar-refractivity contribution in [3.63, 3.8) is 0 Å². The van der Waals surface area contributed by atoms with Gasteiger partial charge in [-0.1, -0.05) is 0 Å². The van der Waals surface area contributed by atoms with Gasteiger partial charge in [0.25, 0.3) is 5.56 Å². The molecule has 0 aliphatic heterocycles. The zero-order valence-electron chi connectivity index (χ0n) is 17.0. The number of ether oxygens (including phenoxy) is 2. The average Bonchev–Trinajstić information content (AvgIpc) is 3.20. The Hall–Kier alpha value is -3.79. The zero-order valence-corrected chi connectivity index (χ0v) is 17.8. The van der Waals surface area contributed by atoms with Crippen molar-refractivity contribution in [2.45, 2.75) is 13.5 Å². The van der Waals surface area contributed by atoms with Crippen molar-refractivity contribution in [2.24, 2.45) is 0 Å². The summed E-state index contributed by atoms with van der Waals surface area (Å²) >= 11 is 1.52. The van der Waals surface area contributed by atoms with Crippen LogP contribution in [0, 0.1) is 6.92 Å². The van der Waals surface area contributed by atoms with Crippen molar-refractivity contribution >= 4 is 34.9 Å². The minimum absolute atomic E-state index is 0.0612. The van der Waals surface area contributed by atoms with Gasteiger partial charge in [0.15, 0.2) is 0 Å². The van der Waals surface area contributed by atoms with E-state index in [0.717, 1.165) is 14.4 Å². The fourth-order valence-corrected chi connectivity index (χ4v) is 3.61. The van der Waals surface area contributed by atoms with Crippen LogP contribution in [0.1, 0.15) is 25.6 Å². The number of aromatic nitrogens is 2. The number of nitrogens with one attached hydrogen (secondary N) is 1. The van der Waals surface area contributed by atoms with Crippen molar-refractivity contribution in [2.75, 3.05) is 19.5 Å². The third kappa shape index (κ3) is 5.23. The Balaban J connectivity index is 1.84. The first-order valence-electron chi connectivity index (χ1n) is 9.07. The molecule has 2 aromatic heterocycles. The SMILES string of the molecule is COC(=O)c1cc(NC(=O)Cn2nc(-c3ccc(C)s3)ccc2=O)cc(C(=O)OC)c1. The summed E-state index contributed by atoms with van der Waals surface area (Å²) in [6.07, 6.45) is 0. The second-order valence-corrected chi connectivity index (χ2v) is 7.74. The number of carbonyl (C=O) groups excluding carboxylic acids is 3. The smallest absolute Gasteiger partial charge is 0.337 e. The van der Waals surface area contributed by atoms with Crippen LogP contribution in [0.15, 0.2) is 47.3 Å². The van der Waals surface area contributed by atoms with E-state index in [0.29, 0.717) is 5.69 Å². The molecule has 0 fully saturated rings. The van der Waals surface area contributed by atoms with E-state index in [1.54, 1.807) is 6.07 Å². The first-order chi connectivity index (χ1) is 14.8. The second kappa shape index (κ2) is 9.35. The highest BCUT2D eigenvalue weighted by atomic mass is 32.1. The van der Waals surface area contributed by atoms with Crippen LogP contribution in [-0.4, -0.2) is 41.8 Å². The number of esters is 2. The number of rotatable bonds is 6. The Kier molecular flexibility index (Phi) is 6.61. The van der Waals surface area contributed by atoms with Gasteiger partial charge in [0.05, 0.1) is 30.2 Å². The van der Waals surface area contributed by atoms with Crippen LogP contribution < -0.4 is 10.9 Å². The quantitative estimate of drug-likeness (QED) is 0.584. The van der Waals surface area contributed by atoms with Crippen molar-refractivity contribution < 1.29 is 23.9 Å². The van der Waals surface area contributed by atoms with Crippen LogP contribution >= 0.6 is 11.3 Å². The molecule has 0 radical (unpaired) electrons. The van der Waals surface area contributed by atoms with Crippen LogP contribution in [0.3, 0.4) is 0 Å². The fraction of sp³-hybridized carbons (Fsp3) is 0.190. The van der Waals surface area contributed by atoms with Crippen LogP contribution in [0.4, 0.5) is 5.69 Å². The number of carbonyl (C=O) groups is 3. The van der Waals surface area contributed by atoms with Gasteiger partial charge in [-0.05, 0) is 43.3 Å². The van der Waals surface area contributed by atoms with E-state index >= 15 is 0 Å². The molecule has 2 heterocycles. The highest BCUT2D eigenvalue weighted by Crippen LogP contribution is 2.25. The fourth-order valence-electron chi connectivity index (χ4n) is 2.77. The molecule has 9 nitrogen and oxygen atoms in total. The lowest BCUT2D eigenvalue weighted by molar-refractivity contribution is -0.117. The first kappa shape index (κ1) is 21.9. The Labute approximate surface area is 181 Å². The predicted octanol–water partition coefficient (Wildman–Crippen LogP) is 2.49. The molecule has 0 spiro atoms. The van der Waals surface area contributed by atoms with E-state index in [2.05, 4.69) is 19.9 Å². The van der Waals surface area contributed by atoms with E-state index < -0.39 is 23.4 Å². The maximum Gasteiger partial charge on any atom is 0.337 e. The van der Waals surface area contributed by atoms with Crippen LogP contribution in [0.2, 0.25) is 0 Å². The molecule has 0 atom stereocenters. The summed E-state index contributed by atoms with van der Waals surface area (Å²) in [6, 6.07) is 10.8. The largest absolute Gasteiger partial charge is 0.465 e. The number of amides is 1. The number of benzene rings is 1. The molecule has 0 saturated heterocycles. The molecule has 31 heavy (non-hydrogen) atoms. The average molecular weight is 441 g/mol. The number of aryl methyl sites for hydroxylation is 1. The third-order valence-corrected chi connectivity index (χ3v) is 5.23. The Morgan fingerprint density at radius 3 is 2.19 bits per heavy atom. The molecule has 0 saturated carbocycles. The monoisotopic (exact) mass is 441 g/mol. The van der Waals surface area contributed by atoms with E-state index in [9.17, 15) is 19.2 Å². The van der Waals surface area contributed by atoms with Gasteiger partial charge in [-0.15, -0.1) is 11.3 Å². The van der Waals surface area contributed by atoms with E-state index in [-0.39, 0.29) is 23.4 Å². The molecule has 0 aliphatic carbocycles. The number of hydrogen-bond acceptors (Lipinski definition) is 8. The molecule has 0 unspecified atom stereocenters. The molecule has 1 aromatic carbocycles. The van der Waals surface area contributed by atoms with Gasteiger partial charge >= 0.3 is 11.9 Å². The maximum atomic E-state index is 12.5. The van der Waals surface area contributed by atoms with Gasteiger partial charge in [0, 0.05) is 16.6 Å². The lowest BCUT2D eigenvalue weighted by Gasteiger charge is -2.10. The van der Waals surface area contributed by atoms with Gasteiger partial charge < -0.3 is 14.8 Å². The molecule has 160 valence electrons. The highest BCUT2D eigenvalue weighted by molar-refractivity contribution is 7.15. The number of thiophene rings is 1. The van der Waals surface area contributed by atoms with Crippen molar-refractivity contribution in [3.05, 3.63) is 68.8 Å². The van der Waals surface area contributed by atoms with Gasteiger partial charge in [-0.25, -0.2) is 14.3 Å². The first-order valence-corrected chi connectivity index (χ1v) is 9.89. The minimum atomic E-state index is -0.682. The van der Waals surface area contributed by atoms with Crippen molar-refractivity contribution in [1.29, 1.82) is 0 Å². The van der Waals surface area contributed by atoms with Crippen LogP contribution in [-0.2, 0) is 20.8 Å². The summed E-state index contributed by atoms with van der Waals surface area (Å²) in [4.78, 5) is 50.4. The summed E-state index contributed by atoms with van der Waals surface area (Å²) < 4.78 is 10.4. The van der Waals surface area contributed by atoms with Crippen LogP contribution in [0.5, 0.6) is 0 Å². The van der Waals surface area contributed by atoms with E-state index in [1.807, 2.05) is 19.1 Å². The second-order valence-electron chi connectivity index (χ2n) is 6.46. The van der Waals surface area contributed by atoms with Gasteiger partial charge in [-0.3, -0.25) is 9.59 Å². The standard InChI is InChI=1S/C21H19N3O6S/c1-12-4-6-17(31-12)16-5-7-19(26)24(23-16)11-18(25)22-15-9-13(20(27)29-2)8-14(10-15)21(28)30-3/h4-10H,11H2,1-3H3,(H,22,25). The minimum Gasteiger partial charge on any atom is -0.465 e. The molecule has 3 aromatic rings. The molecular weight excluding hydrogens is 422 g/mol. The summed E-state index contributed by atoms with van der Waals surface area (Å²) in [7, 11) is 2.40. The molecule has 1 N–H and O–H groups in total. The van der Waals surface area contributed by atoms with Crippen molar-refractivity contribution in [3.8, 4) is 10.6 Å². The summed E-state index contributed by atoms with van der Waals surface area (Å²) in [6.45, 7) is 1.61. The molecule has 10 heteroatoms. The summed E-state index contributed by atoms with van der Waals surface area (Å²) in [5.74, 6) is -1.93. The molecule has 0 bridgehead atoms. The molecule has 1 amide bonds. The topological polar surface area (TPSA) is 117 Å². The highest BCUT2D eigenvalue weighted by Gasteiger charge is 2.16. The molecule has 0 aliphatic rings. The lowest BCUT2D eigenvalue weighted by atomic mass is 10.1. The van der Waals surface area contributed by atoms with Crippen molar-refractivity contribution in [1.82, 2.24) is 9.78 Å². The van der Waals surface area contributed by atoms with Gasteiger partial charge in [0.1, 0.15) is 12.2 Å². The Morgan fingerprint density at radius 2 is 1.65 bits per heavy atom. The number of methoxy groups -OCH3 is 2. The molecule has 3 rings (SSSR count). The number of hydrogen-bond donors (Lipinski definition) is 1. The number of nitrogens with zero attached hydrogens (tertiary/aromatic N) is 2. The van der Waals surface area contributed by atoms with Gasteiger partial charge in [0.2, 0.25) is 5.91 Å². The summed E-state index contributed by atoms with van der Waals surface area (Å²) in [5, 5.41) is 6.83. The Morgan fingerprint density at radius 1 is 1.00 bits per heavy atom. The lowest BCUT2D eigenvalue weighted by Crippen LogP contribution is -2.29. The maximum absolute atomic E-state index is 12.5. The van der Waals surface area contributed by atoms with Gasteiger partial charge in [-0.2, -0.15) is 5.10 Å². The van der Waals surface area contributed by atoms with E-state index in [1.165, 1.54) is 49.8 Å². The normalized spacial score (nSPS) is 10.4. The zero-order chi connectivity index (χ0) is 22.5. The summed E-state index contributed by atoms with van der Waals surface area (Å²) in [5.41, 5.74) is 0.431. The predicted molar refractivity (Wildman–Crippen MR) is 114 cm³/mol. The van der Waals surface area contributed by atoms with E-state index in [4.69, 9.17) is 0 Å². The molecular formula is C21H19N3O6S. The Bertz CT molecular complexity index is 1180.